The van der Waals surface area contributed by atoms with Gasteiger partial charge in [-0.1, -0.05) is 6.07 Å². The zero-order valence-corrected chi connectivity index (χ0v) is 17.0. The maximum Gasteiger partial charge on any atom is 0.490 e. The molecule has 0 atom stereocenters. The molecule has 2 aromatic heterocycles. The summed E-state index contributed by atoms with van der Waals surface area (Å²) in [5.74, 6) is -2.79. The Morgan fingerprint density at radius 2 is 1.81 bits per heavy atom. The number of carboxylic acids is 1. The number of carbonyl (C=O) groups excluding carboxylic acids is 1. The van der Waals surface area contributed by atoms with Crippen LogP contribution in [0.15, 0.2) is 43.2 Å². The molecule has 0 unspecified atom stereocenters. The molecule has 4 heterocycles. The fourth-order valence-corrected chi connectivity index (χ4v) is 3.55. The molecule has 1 N–H and O–H groups in total. The summed E-state index contributed by atoms with van der Waals surface area (Å²) in [6.07, 6.45) is 5.28. The largest absolute Gasteiger partial charge is 0.490 e. The second-order valence-electron chi connectivity index (χ2n) is 7.49. The van der Waals surface area contributed by atoms with Gasteiger partial charge in [0.1, 0.15) is 12.9 Å². The zero-order chi connectivity index (χ0) is 23.2. The summed E-state index contributed by atoms with van der Waals surface area (Å²) < 4.78 is 37.7. The quantitative estimate of drug-likeness (QED) is 0.751. The van der Waals surface area contributed by atoms with Crippen LogP contribution in [0.2, 0.25) is 0 Å². The van der Waals surface area contributed by atoms with E-state index in [2.05, 4.69) is 25.9 Å². The number of aromatic nitrogens is 3. The van der Waals surface area contributed by atoms with Crippen molar-refractivity contribution in [1.29, 1.82) is 0 Å². The van der Waals surface area contributed by atoms with Gasteiger partial charge in [-0.3, -0.25) is 14.7 Å². The summed E-state index contributed by atoms with van der Waals surface area (Å²) in [7, 11) is 0. The molecule has 2 aliphatic rings. The van der Waals surface area contributed by atoms with Gasteiger partial charge in [0.15, 0.2) is 0 Å². The number of likely N-dealkylation sites (tertiary alicyclic amines) is 1. The van der Waals surface area contributed by atoms with Crippen molar-refractivity contribution in [3.8, 4) is 0 Å². The number of pyridine rings is 1. The van der Waals surface area contributed by atoms with E-state index in [1.807, 2.05) is 12.3 Å². The third kappa shape index (κ3) is 6.20. The summed E-state index contributed by atoms with van der Waals surface area (Å²) in [4.78, 5) is 37.6. The van der Waals surface area contributed by atoms with Crippen LogP contribution in [-0.4, -0.2) is 74.9 Å². The van der Waals surface area contributed by atoms with E-state index in [0.717, 1.165) is 38.2 Å². The number of amides is 1. The molecule has 0 saturated carbocycles. The highest BCUT2D eigenvalue weighted by atomic mass is 19.4. The summed E-state index contributed by atoms with van der Waals surface area (Å²) in [6, 6.07) is 4.07. The Morgan fingerprint density at radius 3 is 2.38 bits per heavy atom. The van der Waals surface area contributed by atoms with Crippen LogP contribution >= 0.6 is 0 Å². The summed E-state index contributed by atoms with van der Waals surface area (Å²) >= 11 is 0. The molecule has 0 bridgehead atoms. The lowest BCUT2D eigenvalue weighted by atomic mass is 9.89. The van der Waals surface area contributed by atoms with Crippen LogP contribution in [0.3, 0.4) is 0 Å². The number of aliphatic carboxylic acids is 1. The minimum Gasteiger partial charge on any atom is -0.475 e. The minimum atomic E-state index is -5.08. The molecule has 9 nitrogen and oxygen atoms in total. The number of ether oxygens (including phenoxy) is 1. The van der Waals surface area contributed by atoms with Crippen molar-refractivity contribution in [2.24, 2.45) is 0 Å². The van der Waals surface area contributed by atoms with Gasteiger partial charge >= 0.3 is 12.1 Å². The van der Waals surface area contributed by atoms with Gasteiger partial charge in [0.05, 0.1) is 30.2 Å². The molecule has 4 rings (SSSR count). The van der Waals surface area contributed by atoms with E-state index < -0.39 is 12.1 Å². The van der Waals surface area contributed by atoms with Crippen molar-refractivity contribution in [1.82, 2.24) is 19.9 Å². The fraction of sp³-hybridized carbons (Fsp3) is 0.450. The van der Waals surface area contributed by atoms with Gasteiger partial charge in [0.2, 0.25) is 0 Å². The second-order valence-corrected chi connectivity index (χ2v) is 7.49. The van der Waals surface area contributed by atoms with Crippen molar-refractivity contribution >= 4 is 17.6 Å². The number of halogens is 3. The fourth-order valence-electron chi connectivity index (χ4n) is 3.55. The van der Waals surface area contributed by atoms with Gasteiger partial charge in [-0.05, 0) is 24.5 Å². The molecule has 0 aromatic carbocycles. The van der Waals surface area contributed by atoms with E-state index in [9.17, 15) is 18.0 Å². The standard InChI is InChI=1S/C18H21N5O2.C2HF3O2/c24-17-12-25-18(13-23(17)16-9-20-14-21-10-16)3-6-22(7-4-18)11-15-2-1-5-19-8-15;3-2(4,5)1(6)7/h1-2,5,8-10,14H,3-4,6-7,11-13H2;(H,6,7). The van der Waals surface area contributed by atoms with Gasteiger partial charge in [-0.25, -0.2) is 14.8 Å². The van der Waals surface area contributed by atoms with Gasteiger partial charge in [-0.15, -0.1) is 0 Å². The minimum absolute atomic E-state index is 0.0294. The lowest BCUT2D eigenvalue weighted by molar-refractivity contribution is -0.192. The Bertz CT molecular complexity index is 906. The van der Waals surface area contributed by atoms with E-state index >= 15 is 0 Å². The number of alkyl halides is 3. The molecule has 2 aliphatic heterocycles. The maximum atomic E-state index is 12.3. The van der Waals surface area contributed by atoms with Crippen molar-refractivity contribution in [3.05, 3.63) is 48.8 Å². The molecule has 1 amide bonds. The maximum absolute atomic E-state index is 12.3. The number of morpholine rings is 1. The zero-order valence-electron chi connectivity index (χ0n) is 17.0. The topological polar surface area (TPSA) is 109 Å². The molecule has 172 valence electrons. The van der Waals surface area contributed by atoms with Gasteiger partial charge in [-0.2, -0.15) is 13.2 Å². The molecule has 32 heavy (non-hydrogen) atoms. The number of anilines is 1. The number of hydrogen-bond donors (Lipinski definition) is 1. The van der Waals surface area contributed by atoms with Crippen molar-refractivity contribution in [2.45, 2.75) is 31.2 Å². The van der Waals surface area contributed by atoms with Crippen molar-refractivity contribution < 1.29 is 32.6 Å². The third-order valence-electron chi connectivity index (χ3n) is 5.25. The van der Waals surface area contributed by atoms with Crippen LogP contribution in [0.1, 0.15) is 18.4 Å². The number of carboxylic acid groups (broad SMARTS) is 1. The van der Waals surface area contributed by atoms with Gasteiger partial charge in [0.25, 0.3) is 5.91 Å². The molecule has 2 aromatic rings. The Balaban J connectivity index is 0.000000360. The highest BCUT2D eigenvalue weighted by Gasteiger charge is 2.42. The number of carbonyl (C=O) groups is 2. The predicted octanol–water partition coefficient (Wildman–Crippen LogP) is 1.90. The Kier molecular flexibility index (Phi) is 7.36. The normalized spacial score (nSPS) is 18.7. The van der Waals surface area contributed by atoms with Crippen LogP contribution < -0.4 is 4.90 Å². The number of nitrogens with zero attached hydrogens (tertiary/aromatic N) is 5. The highest BCUT2D eigenvalue weighted by molar-refractivity contribution is 5.94. The van der Waals surface area contributed by atoms with Crippen molar-refractivity contribution in [3.63, 3.8) is 0 Å². The monoisotopic (exact) mass is 453 g/mol. The molecule has 1 spiro atoms. The van der Waals surface area contributed by atoms with E-state index in [0.29, 0.717) is 6.54 Å². The van der Waals surface area contributed by atoms with Crippen LogP contribution in [0, 0.1) is 0 Å². The SMILES string of the molecule is O=C(O)C(F)(F)F.O=C1COC2(CCN(Cc3cccnc3)CC2)CN1c1cncnc1. The average Bonchev–Trinajstić information content (AvgIpc) is 2.78. The van der Waals surface area contributed by atoms with E-state index in [1.54, 1.807) is 23.5 Å². The first-order chi connectivity index (χ1) is 15.2. The molecular weight excluding hydrogens is 431 g/mol. The lowest BCUT2D eigenvalue weighted by Gasteiger charge is -2.46. The Morgan fingerprint density at radius 1 is 1.16 bits per heavy atom. The third-order valence-corrected chi connectivity index (χ3v) is 5.25. The second kappa shape index (κ2) is 10.0. The number of rotatable bonds is 3. The lowest BCUT2D eigenvalue weighted by Crippen LogP contribution is -2.58. The first kappa shape index (κ1) is 23.5. The first-order valence-corrected chi connectivity index (χ1v) is 9.79. The van der Waals surface area contributed by atoms with Crippen LogP contribution in [0.5, 0.6) is 0 Å². The molecule has 2 saturated heterocycles. The summed E-state index contributed by atoms with van der Waals surface area (Å²) in [6.45, 7) is 3.49. The first-order valence-electron chi connectivity index (χ1n) is 9.79. The Labute approximate surface area is 181 Å². The Hall–Kier alpha value is -3.12. The van der Waals surface area contributed by atoms with E-state index in [1.165, 1.54) is 11.9 Å². The van der Waals surface area contributed by atoms with Gasteiger partial charge < -0.3 is 14.7 Å². The van der Waals surface area contributed by atoms with Crippen LogP contribution in [-0.2, 0) is 20.9 Å². The van der Waals surface area contributed by atoms with Gasteiger partial charge in [0, 0.05) is 32.0 Å². The number of hydrogen-bond acceptors (Lipinski definition) is 7. The van der Waals surface area contributed by atoms with E-state index in [4.69, 9.17) is 14.6 Å². The van der Waals surface area contributed by atoms with Crippen molar-refractivity contribution in [2.75, 3.05) is 31.1 Å². The highest BCUT2D eigenvalue weighted by Crippen LogP contribution is 2.32. The molecule has 2 fully saturated rings. The molecule has 12 heteroatoms. The molecular formula is C20H22F3N5O4. The van der Waals surface area contributed by atoms with E-state index in [-0.39, 0.29) is 18.1 Å². The van der Waals surface area contributed by atoms with Crippen LogP contribution in [0.25, 0.3) is 0 Å². The predicted molar refractivity (Wildman–Crippen MR) is 106 cm³/mol. The smallest absolute Gasteiger partial charge is 0.475 e. The molecule has 0 aliphatic carbocycles. The summed E-state index contributed by atoms with van der Waals surface area (Å²) in [5, 5.41) is 7.12. The molecule has 0 radical (unpaired) electrons. The van der Waals surface area contributed by atoms with Crippen LogP contribution in [0.4, 0.5) is 18.9 Å². The number of piperidine rings is 1. The summed E-state index contributed by atoms with van der Waals surface area (Å²) in [5.41, 5.74) is 1.70. The average molecular weight is 453 g/mol.